The number of carbonyl (C=O) groups is 2. The van der Waals surface area contributed by atoms with E-state index >= 15 is 0 Å². The smallest absolute Gasteiger partial charge is 0.410 e. The Hall–Kier alpha value is -1.89. The van der Waals surface area contributed by atoms with Crippen molar-refractivity contribution in [1.29, 1.82) is 0 Å². The molecular weight excluding hydrogens is 618 g/mol. The number of aryl methyl sites for hydroxylation is 1. The molecule has 0 fully saturated rings. The Morgan fingerprint density at radius 2 is 1.77 bits per heavy atom. The van der Waals surface area contributed by atoms with Crippen LogP contribution in [0.1, 0.15) is 36.7 Å². The number of nitrogens with zero attached hydrogens (tertiary/aromatic N) is 1. The lowest BCUT2D eigenvalue weighted by Gasteiger charge is -2.24. The number of benzene rings is 2. The van der Waals surface area contributed by atoms with Gasteiger partial charge in [0.15, 0.2) is 11.6 Å². The van der Waals surface area contributed by atoms with Crippen molar-refractivity contribution in [2.75, 3.05) is 30.9 Å². The van der Waals surface area contributed by atoms with E-state index in [9.17, 15) is 18.4 Å². The van der Waals surface area contributed by atoms with Crippen molar-refractivity contribution < 1.29 is 27.9 Å². The molecule has 0 radical (unpaired) electrons. The van der Waals surface area contributed by atoms with E-state index in [2.05, 4.69) is 33.4 Å². The van der Waals surface area contributed by atoms with Crippen LogP contribution in [0, 0.1) is 22.1 Å². The van der Waals surface area contributed by atoms with Gasteiger partial charge in [-0.25, -0.2) is 19.1 Å². The minimum Gasteiger partial charge on any atom is -0.444 e. The zero-order chi connectivity index (χ0) is 26.8. The Balaban J connectivity index is 0.00000194. The fourth-order valence-electron chi connectivity index (χ4n) is 2.55. The highest BCUT2D eigenvalue weighted by atomic mass is 127. The second-order valence-corrected chi connectivity index (χ2v) is 10.2. The molecule has 0 saturated heterocycles. The molecule has 12 heteroatoms. The second kappa shape index (κ2) is 14.6. The van der Waals surface area contributed by atoms with Gasteiger partial charge in [-0.05, 0) is 86.2 Å². The van der Waals surface area contributed by atoms with Gasteiger partial charge < -0.3 is 15.0 Å². The van der Waals surface area contributed by atoms with E-state index in [1.165, 1.54) is 11.9 Å². The summed E-state index contributed by atoms with van der Waals surface area (Å²) in [6, 6.07) is 7.41. The number of alkyl halides is 2. The number of carbonyl (C=O) groups excluding carboxylic acids is 2. The summed E-state index contributed by atoms with van der Waals surface area (Å²) in [5, 5.41) is 2.99. The molecule has 0 unspecified atom stereocenters. The number of rotatable bonds is 7. The average Bonchev–Trinajstić information content (AvgIpc) is 2.75. The van der Waals surface area contributed by atoms with Crippen LogP contribution in [0.2, 0.25) is 0 Å². The standard InChI is InChI=1S/C22H26F2IN3O4.CH2Cl2/c1-13-12-14(25)6-9-17(13)26-19-15(7-8-16(23)18(19)24)20(29)27-31-11-10-28(5)21(30)32-22(2,3)4;2-1-3/h6-9,12,26H,10-11H2,1-5H3,(H,27,29);1H2. The summed E-state index contributed by atoms with van der Waals surface area (Å²) in [5.74, 6) is -3.04. The fourth-order valence-corrected chi connectivity index (χ4v) is 3.20. The number of halogens is 5. The van der Waals surface area contributed by atoms with Gasteiger partial charge in [-0.2, -0.15) is 0 Å². The topological polar surface area (TPSA) is 79.9 Å². The van der Waals surface area contributed by atoms with Crippen molar-refractivity contribution in [2.45, 2.75) is 33.3 Å². The van der Waals surface area contributed by atoms with E-state index in [-0.39, 0.29) is 29.7 Å². The van der Waals surface area contributed by atoms with Crippen LogP contribution in [0.15, 0.2) is 30.3 Å². The van der Waals surface area contributed by atoms with Gasteiger partial charge in [0.2, 0.25) is 0 Å². The van der Waals surface area contributed by atoms with Crippen molar-refractivity contribution in [3.05, 3.63) is 56.7 Å². The van der Waals surface area contributed by atoms with Crippen LogP contribution in [0.3, 0.4) is 0 Å². The Bertz CT molecular complexity index is 1020. The number of hydroxylamine groups is 1. The van der Waals surface area contributed by atoms with E-state index < -0.39 is 29.2 Å². The van der Waals surface area contributed by atoms with Crippen LogP contribution in [0.25, 0.3) is 0 Å². The lowest BCUT2D eigenvalue weighted by atomic mass is 10.1. The Kier molecular flexibility index (Phi) is 13.0. The van der Waals surface area contributed by atoms with Crippen LogP contribution in [0.5, 0.6) is 0 Å². The lowest BCUT2D eigenvalue weighted by molar-refractivity contribution is 0.00886. The molecule has 7 nitrogen and oxygen atoms in total. The molecule has 2 rings (SSSR count). The van der Waals surface area contributed by atoms with Crippen LogP contribution < -0.4 is 10.8 Å². The highest BCUT2D eigenvalue weighted by Gasteiger charge is 2.21. The van der Waals surface area contributed by atoms with Gasteiger partial charge in [0.05, 0.1) is 23.2 Å². The second-order valence-electron chi connectivity index (χ2n) is 8.15. The zero-order valence-electron chi connectivity index (χ0n) is 20.0. The molecule has 0 aliphatic heterocycles. The van der Waals surface area contributed by atoms with Crippen molar-refractivity contribution in [3.63, 3.8) is 0 Å². The van der Waals surface area contributed by atoms with Crippen LogP contribution in [-0.4, -0.2) is 48.0 Å². The third-order valence-corrected chi connectivity index (χ3v) is 4.86. The SMILES string of the molecule is Cc1cc(I)ccc1Nc1c(C(=O)NOCCN(C)C(=O)OC(C)(C)C)ccc(F)c1F.ClCCl. The molecule has 0 bridgehead atoms. The molecule has 35 heavy (non-hydrogen) atoms. The Morgan fingerprint density at radius 1 is 1.14 bits per heavy atom. The molecule has 0 spiro atoms. The minimum atomic E-state index is -1.18. The van der Waals surface area contributed by atoms with Crippen molar-refractivity contribution in [2.24, 2.45) is 0 Å². The predicted molar refractivity (Wildman–Crippen MR) is 142 cm³/mol. The van der Waals surface area contributed by atoms with Crippen molar-refractivity contribution in [1.82, 2.24) is 10.4 Å². The first-order valence-corrected chi connectivity index (χ1v) is 12.4. The summed E-state index contributed by atoms with van der Waals surface area (Å²) in [6.45, 7) is 7.16. The first-order chi connectivity index (χ1) is 16.3. The molecule has 0 atom stereocenters. The Labute approximate surface area is 227 Å². The molecule has 0 aliphatic carbocycles. The summed E-state index contributed by atoms with van der Waals surface area (Å²) in [6.07, 6.45) is -0.535. The molecule has 194 valence electrons. The average molecular weight is 646 g/mol. The number of hydrogen-bond donors (Lipinski definition) is 2. The summed E-state index contributed by atoms with van der Waals surface area (Å²) in [7, 11) is 1.53. The minimum absolute atomic E-state index is 0.0375. The highest BCUT2D eigenvalue weighted by molar-refractivity contribution is 14.1. The van der Waals surface area contributed by atoms with Gasteiger partial charge in [0.25, 0.3) is 5.91 Å². The van der Waals surface area contributed by atoms with E-state index in [4.69, 9.17) is 32.8 Å². The van der Waals surface area contributed by atoms with E-state index in [1.54, 1.807) is 32.9 Å². The first kappa shape index (κ1) is 31.1. The molecule has 0 saturated carbocycles. The van der Waals surface area contributed by atoms with Gasteiger partial charge >= 0.3 is 6.09 Å². The van der Waals surface area contributed by atoms with Gasteiger partial charge in [-0.3, -0.25) is 9.63 Å². The first-order valence-electron chi connectivity index (χ1n) is 10.3. The molecule has 2 amide bonds. The van der Waals surface area contributed by atoms with E-state index in [0.717, 1.165) is 21.3 Å². The fraction of sp³-hybridized carbons (Fsp3) is 0.391. The number of anilines is 2. The molecule has 0 aliphatic rings. The van der Waals surface area contributed by atoms with Crippen LogP contribution in [-0.2, 0) is 9.57 Å². The third-order valence-electron chi connectivity index (χ3n) is 4.19. The molecule has 0 aromatic heterocycles. The van der Waals surface area contributed by atoms with E-state index in [1.807, 2.05) is 13.0 Å². The van der Waals surface area contributed by atoms with Gasteiger partial charge in [-0.1, -0.05) is 0 Å². The summed E-state index contributed by atoms with van der Waals surface area (Å²) in [4.78, 5) is 30.9. The lowest BCUT2D eigenvalue weighted by Crippen LogP contribution is -2.37. The number of ether oxygens (including phenoxy) is 1. The van der Waals surface area contributed by atoms with Gasteiger partial charge in [-0.15, -0.1) is 23.2 Å². The highest BCUT2D eigenvalue weighted by Crippen LogP contribution is 2.28. The largest absolute Gasteiger partial charge is 0.444 e. The summed E-state index contributed by atoms with van der Waals surface area (Å²) in [5.41, 5.74) is 2.45. The van der Waals surface area contributed by atoms with Gasteiger partial charge in [0.1, 0.15) is 5.60 Å². The monoisotopic (exact) mass is 645 g/mol. The number of nitrogens with one attached hydrogen (secondary N) is 2. The quantitative estimate of drug-likeness (QED) is 0.154. The van der Waals surface area contributed by atoms with Crippen LogP contribution in [0.4, 0.5) is 25.0 Å². The molecule has 2 aromatic carbocycles. The molecule has 0 heterocycles. The number of amides is 2. The van der Waals surface area contributed by atoms with Crippen LogP contribution >= 0.6 is 45.8 Å². The maximum atomic E-state index is 14.5. The summed E-state index contributed by atoms with van der Waals surface area (Å²) >= 11 is 11.7. The molecule has 2 N–H and O–H groups in total. The molecular formula is C23H28Cl2F2IN3O4. The summed E-state index contributed by atoms with van der Waals surface area (Å²) < 4.78 is 34.6. The zero-order valence-corrected chi connectivity index (χ0v) is 23.6. The number of hydrogen-bond acceptors (Lipinski definition) is 5. The number of likely N-dealkylation sites (N-methyl/N-ethyl adjacent to an activating group) is 1. The molecule has 2 aromatic rings. The normalized spacial score (nSPS) is 10.7. The maximum Gasteiger partial charge on any atom is 0.410 e. The predicted octanol–water partition coefficient (Wildman–Crippen LogP) is 6.57. The van der Waals surface area contributed by atoms with Gasteiger partial charge in [0, 0.05) is 22.8 Å². The van der Waals surface area contributed by atoms with E-state index in [0.29, 0.717) is 5.69 Å². The Morgan fingerprint density at radius 3 is 2.34 bits per heavy atom. The maximum absolute atomic E-state index is 14.5. The van der Waals surface area contributed by atoms with Crippen molar-refractivity contribution >= 4 is 69.2 Å². The third kappa shape index (κ3) is 10.7. The van der Waals surface area contributed by atoms with Crippen molar-refractivity contribution in [3.8, 4) is 0 Å².